The van der Waals surface area contributed by atoms with Crippen molar-refractivity contribution in [2.24, 2.45) is 5.41 Å². The zero-order valence-corrected chi connectivity index (χ0v) is 11.4. The molecule has 0 atom stereocenters. The van der Waals surface area contributed by atoms with Crippen LogP contribution in [0.5, 0.6) is 0 Å². The summed E-state index contributed by atoms with van der Waals surface area (Å²) in [6, 6.07) is 7.69. The second-order valence-electron chi connectivity index (χ2n) is 6.33. The first-order valence-corrected chi connectivity index (χ1v) is 6.71. The molecule has 1 aromatic rings. The van der Waals surface area contributed by atoms with Crippen LogP contribution >= 0.6 is 0 Å². The lowest BCUT2D eigenvalue weighted by Gasteiger charge is -2.40. The fraction of sp³-hybridized carbons (Fsp3) is 0.600. The zero-order valence-electron chi connectivity index (χ0n) is 11.4. The molecule has 0 bridgehead atoms. The quantitative estimate of drug-likeness (QED) is 0.721. The van der Waals surface area contributed by atoms with E-state index in [0.717, 1.165) is 37.1 Å². The molecule has 2 rings (SSSR count). The van der Waals surface area contributed by atoms with Crippen molar-refractivity contribution in [3.05, 3.63) is 24.3 Å². The van der Waals surface area contributed by atoms with Gasteiger partial charge in [0.15, 0.2) is 0 Å². The summed E-state index contributed by atoms with van der Waals surface area (Å²) in [6.45, 7) is 5.13. The van der Waals surface area contributed by atoms with E-state index in [9.17, 15) is 5.11 Å². The van der Waals surface area contributed by atoms with E-state index in [1.54, 1.807) is 0 Å². The van der Waals surface area contributed by atoms with Crippen LogP contribution in [0.2, 0.25) is 0 Å². The summed E-state index contributed by atoms with van der Waals surface area (Å²) in [5, 5.41) is 13.8. The van der Waals surface area contributed by atoms with Gasteiger partial charge in [0.1, 0.15) is 0 Å². The Labute approximate surface area is 109 Å². The van der Waals surface area contributed by atoms with Gasteiger partial charge in [-0.15, -0.1) is 0 Å². The predicted molar refractivity (Wildman–Crippen MR) is 76.5 cm³/mol. The summed E-state index contributed by atoms with van der Waals surface area (Å²) >= 11 is 0. The average molecular weight is 248 g/mol. The summed E-state index contributed by atoms with van der Waals surface area (Å²) in [6.07, 6.45) is 3.88. The molecule has 1 saturated carbocycles. The Bertz CT molecular complexity index is 405. The molecule has 3 heteroatoms. The normalized spacial score (nSPS) is 21.5. The molecule has 0 saturated heterocycles. The van der Waals surface area contributed by atoms with Crippen molar-refractivity contribution in [2.45, 2.75) is 45.1 Å². The van der Waals surface area contributed by atoms with Gasteiger partial charge in [-0.3, -0.25) is 0 Å². The van der Waals surface area contributed by atoms with Gasteiger partial charge in [-0.25, -0.2) is 0 Å². The highest BCUT2D eigenvalue weighted by Crippen LogP contribution is 2.40. The first-order valence-electron chi connectivity index (χ1n) is 6.71. The topological polar surface area (TPSA) is 58.3 Å². The SMILES string of the molecule is CC1(C)CCC(O)(CNc2ccccc2N)CC1. The van der Waals surface area contributed by atoms with Gasteiger partial charge >= 0.3 is 0 Å². The summed E-state index contributed by atoms with van der Waals surface area (Å²) in [5.41, 5.74) is 7.31. The number of nitrogen functional groups attached to an aromatic ring is 1. The standard InChI is InChI=1S/C15H24N2O/c1-14(2)7-9-15(18,10-8-14)11-17-13-6-4-3-5-12(13)16/h3-6,17-18H,7-11,16H2,1-2H3. The molecule has 0 spiro atoms. The Morgan fingerprint density at radius 2 is 1.78 bits per heavy atom. The van der Waals surface area contributed by atoms with Crippen LogP contribution in [-0.4, -0.2) is 17.3 Å². The number of rotatable bonds is 3. The molecule has 18 heavy (non-hydrogen) atoms. The minimum atomic E-state index is -0.586. The third kappa shape index (κ3) is 3.16. The van der Waals surface area contributed by atoms with Crippen LogP contribution in [0.3, 0.4) is 0 Å². The Hall–Kier alpha value is -1.22. The van der Waals surface area contributed by atoms with Gasteiger partial charge < -0.3 is 16.2 Å². The number of nitrogens with two attached hydrogens (primary N) is 1. The van der Waals surface area contributed by atoms with E-state index in [2.05, 4.69) is 19.2 Å². The molecular formula is C15H24N2O. The van der Waals surface area contributed by atoms with Crippen LogP contribution < -0.4 is 11.1 Å². The molecule has 1 aliphatic rings. The van der Waals surface area contributed by atoms with Crippen LogP contribution in [-0.2, 0) is 0 Å². The molecule has 0 heterocycles. The van der Waals surface area contributed by atoms with E-state index < -0.39 is 5.60 Å². The number of aliphatic hydroxyl groups is 1. The Morgan fingerprint density at radius 3 is 2.39 bits per heavy atom. The Morgan fingerprint density at radius 1 is 1.17 bits per heavy atom. The highest BCUT2D eigenvalue weighted by Gasteiger charge is 2.36. The molecule has 3 nitrogen and oxygen atoms in total. The second-order valence-corrected chi connectivity index (χ2v) is 6.33. The molecule has 1 aliphatic carbocycles. The number of benzene rings is 1. The fourth-order valence-electron chi connectivity index (χ4n) is 2.49. The van der Waals surface area contributed by atoms with Crippen molar-refractivity contribution >= 4 is 11.4 Å². The van der Waals surface area contributed by atoms with E-state index in [0.29, 0.717) is 12.0 Å². The van der Waals surface area contributed by atoms with Gasteiger partial charge in [0.2, 0.25) is 0 Å². The molecule has 0 radical (unpaired) electrons. The van der Waals surface area contributed by atoms with Gasteiger partial charge in [-0.2, -0.15) is 0 Å². The average Bonchev–Trinajstić information content (AvgIpc) is 2.33. The number of nitrogens with one attached hydrogen (secondary N) is 1. The van der Waals surface area contributed by atoms with Crippen LogP contribution in [0, 0.1) is 5.41 Å². The van der Waals surface area contributed by atoms with Crippen LogP contribution in [0.1, 0.15) is 39.5 Å². The van der Waals surface area contributed by atoms with Crippen molar-refractivity contribution in [1.29, 1.82) is 0 Å². The number of hydrogen-bond acceptors (Lipinski definition) is 3. The van der Waals surface area contributed by atoms with Gasteiger partial charge in [0, 0.05) is 6.54 Å². The highest BCUT2D eigenvalue weighted by molar-refractivity contribution is 5.65. The fourth-order valence-corrected chi connectivity index (χ4v) is 2.49. The molecule has 0 aliphatic heterocycles. The van der Waals surface area contributed by atoms with Crippen LogP contribution in [0.4, 0.5) is 11.4 Å². The lowest BCUT2D eigenvalue weighted by Crippen LogP contribution is -2.42. The van der Waals surface area contributed by atoms with Crippen molar-refractivity contribution in [1.82, 2.24) is 0 Å². The third-order valence-corrected chi connectivity index (χ3v) is 4.10. The molecule has 0 amide bonds. The zero-order chi connectivity index (χ0) is 13.2. The van der Waals surface area contributed by atoms with Crippen molar-refractivity contribution in [3.63, 3.8) is 0 Å². The van der Waals surface area contributed by atoms with Crippen LogP contribution in [0.25, 0.3) is 0 Å². The molecule has 100 valence electrons. The van der Waals surface area contributed by atoms with Gasteiger partial charge in [0.05, 0.1) is 17.0 Å². The monoisotopic (exact) mass is 248 g/mol. The van der Waals surface area contributed by atoms with E-state index in [1.165, 1.54) is 0 Å². The van der Waals surface area contributed by atoms with Gasteiger partial charge in [-0.05, 0) is 43.2 Å². The summed E-state index contributed by atoms with van der Waals surface area (Å²) in [7, 11) is 0. The summed E-state index contributed by atoms with van der Waals surface area (Å²) in [5.74, 6) is 0. The Balaban J connectivity index is 1.93. The molecule has 0 unspecified atom stereocenters. The first-order chi connectivity index (χ1) is 8.40. The molecule has 1 aromatic carbocycles. The van der Waals surface area contributed by atoms with Crippen LogP contribution in [0.15, 0.2) is 24.3 Å². The minimum Gasteiger partial charge on any atom is -0.397 e. The molecular weight excluding hydrogens is 224 g/mol. The molecule has 1 fully saturated rings. The van der Waals surface area contributed by atoms with E-state index in [4.69, 9.17) is 5.73 Å². The summed E-state index contributed by atoms with van der Waals surface area (Å²) in [4.78, 5) is 0. The maximum atomic E-state index is 10.6. The van der Waals surface area contributed by atoms with E-state index in [1.807, 2.05) is 24.3 Å². The Kier molecular flexibility index (Phi) is 3.53. The maximum absolute atomic E-state index is 10.6. The number of para-hydroxylation sites is 2. The lowest BCUT2D eigenvalue weighted by atomic mass is 9.71. The van der Waals surface area contributed by atoms with E-state index in [-0.39, 0.29) is 0 Å². The summed E-state index contributed by atoms with van der Waals surface area (Å²) < 4.78 is 0. The smallest absolute Gasteiger partial charge is 0.0819 e. The van der Waals surface area contributed by atoms with Crippen molar-refractivity contribution in [2.75, 3.05) is 17.6 Å². The lowest BCUT2D eigenvalue weighted by molar-refractivity contribution is -0.0145. The number of hydrogen-bond donors (Lipinski definition) is 3. The van der Waals surface area contributed by atoms with E-state index >= 15 is 0 Å². The minimum absolute atomic E-state index is 0.373. The predicted octanol–water partition coefficient (Wildman–Crippen LogP) is 3.01. The molecule has 4 N–H and O–H groups in total. The van der Waals surface area contributed by atoms with Crippen molar-refractivity contribution < 1.29 is 5.11 Å². The number of anilines is 2. The second kappa shape index (κ2) is 4.81. The third-order valence-electron chi connectivity index (χ3n) is 4.10. The van der Waals surface area contributed by atoms with Gasteiger partial charge in [0.25, 0.3) is 0 Å². The largest absolute Gasteiger partial charge is 0.397 e. The van der Waals surface area contributed by atoms with Crippen molar-refractivity contribution in [3.8, 4) is 0 Å². The molecule has 0 aromatic heterocycles. The highest BCUT2D eigenvalue weighted by atomic mass is 16.3. The maximum Gasteiger partial charge on any atom is 0.0819 e. The van der Waals surface area contributed by atoms with Gasteiger partial charge in [-0.1, -0.05) is 26.0 Å². The first kappa shape index (κ1) is 13.2.